The van der Waals surface area contributed by atoms with E-state index in [1.165, 1.54) is 12.1 Å². The molecule has 0 radical (unpaired) electrons. The zero-order valence-corrected chi connectivity index (χ0v) is 17.1. The van der Waals surface area contributed by atoms with Gasteiger partial charge in [0.15, 0.2) is 0 Å². The van der Waals surface area contributed by atoms with Gasteiger partial charge in [0.25, 0.3) is 10.1 Å². The number of esters is 1. The molecule has 0 atom stereocenters. The number of hydrogen-bond donors (Lipinski definition) is 0. The second-order valence-corrected chi connectivity index (χ2v) is 7.73. The number of carbonyl (C=O) groups excluding carboxylic acids is 1. The lowest BCUT2D eigenvalue weighted by Crippen LogP contribution is -2.04. The molecule has 0 saturated heterocycles. The fourth-order valence-corrected chi connectivity index (χ4v) is 3.00. The highest BCUT2D eigenvalue weighted by atomic mass is 32.2. The van der Waals surface area contributed by atoms with Crippen molar-refractivity contribution in [3.63, 3.8) is 0 Å². The summed E-state index contributed by atoms with van der Waals surface area (Å²) in [5.41, 5.74) is 1.86. The van der Waals surface area contributed by atoms with E-state index < -0.39 is 16.1 Å². The molecule has 0 heterocycles. The summed E-state index contributed by atoms with van der Waals surface area (Å²) >= 11 is 0. The highest BCUT2D eigenvalue weighted by Gasteiger charge is 2.11. The zero-order chi connectivity index (χ0) is 21.1. The Morgan fingerprint density at radius 2 is 1.48 bits per heavy atom. The Balaban J connectivity index is 1.80. The summed E-state index contributed by atoms with van der Waals surface area (Å²) in [7, 11) is -2.53. The number of benzene rings is 2. The number of hydrogen-bond acceptors (Lipinski definition) is 6. The summed E-state index contributed by atoms with van der Waals surface area (Å²) in [6.45, 7) is 4.23. The average molecular weight is 416 g/mol. The third-order valence-electron chi connectivity index (χ3n) is 3.95. The van der Waals surface area contributed by atoms with Crippen LogP contribution in [0.15, 0.2) is 66.1 Å². The normalized spacial score (nSPS) is 11.3. The predicted octanol–water partition coefficient (Wildman–Crippen LogP) is 4.08. The van der Waals surface area contributed by atoms with Crippen molar-refractivity contribution in [2.45, 2.75) is 17.7 Å². The van der Waals surface area contributed by atoms with E-state index in [1.54, 1.807) is 12.1 Å². The lowest BCUT2D eigenvalue weighted by atomic mass is 10.1. The van der Waals surface area contributed by atoms with Crippen LogP contribution >= 0.6 is 0 Å². The van der Waals surface area contributed by atoms with E-state index in [0.717, 1.165) is 42.9 Å². The minimum absolute atomic E-state index is 0.123. The molecule has 0 aliphatic rings. The summed E-state index contributed by atoms with van der Waals surface area (Å²) in [5, 5.41) is 0. The predicted molar refractivity (Wildman–Crippen MR) is 112 cm³/mol. The topological polar surface area (TPSA) is 78.9 Å². The SMILES string of the molecule is C=CC(=O)OCCCCOc1ccc(C=Cc2ccc(S(=O)(=O)OC)cc2)cc1. The Kier molecular flexibility index (Phi) is 8.64. The first-order chi connectivity index (χ1) is 13.9. The second-order valence-electron chi connectivity index (χ2n) is 6.02. The molecule has 7 heteroatoms. The quantitative estimate of drug-likeness (QED) is 0.181. The van der Waals surface area contributed by atoms with Crippen molar-refractivity contribution in [1.29, 1.82) is 0 Å². The molecule has 0 fully saturated rings. The molecule has 0 N–H and O–H groups in total. The molecule has 2 aromatic carbocycles. The highest BCUT2D eigenvalue weighted by molar-refractivity contribution is 7.86. The Morgan fingerprint density at radius 1 is 0.931 bits per heavy atom. The molecular weight excluding hydrogens is 392 g/mol. The van der Waals surface area contributed by atoms with Gasteiger partial charge in [-0.05, 0) is 48.2 Å². The average Bonchev–Trinajstić information content (AvgIpc) is 2.75. The van der Waals surface area contributed by atoms with Gasteiger partial charge in [0.05, 0.1) is 25.2 Å². The molecule has 0 amide bonds. The first-order valence-electron chi connectivity index (χ1n) is 9.05. The Labute approximate surface area is 171 Å². The van der Waals surface area contributed by atoms with E-state index >= 15 is 0 Å². The summed E-state index contributed by atoms with van der Waals surface area (Å²) in [6.07, 6.45) is 6.47. The molecule has 2 aromatic rings. The number of rotatable bonds is 11. The summed E-state index contributed by atoms with van der Waals surface area (Å²) in [6, 6.07) is 14.1. The van der Waals surface area contributed by atoms with Crippen LogP contribution in [0.25, 0.3) is 12.2 Å². The van der Waals surface area contributed by atoms with Crippen molar-refractivity contribution in [3.05, 3.63) is 72.3 Å². The summed E-state index contributed by atoms with van der Waals surface area (Å²) in [5.74, 6) is 0.352. The van der Waals surface area contributed by atoms with Crippen LogP contribution in [-0.4, -0.2) is 34.7 Å². The molecule has 0 saturated carbocycles. The molecular formula is C22H24O6S. The van der Waals surface area contributed by atoms with Gasteiger partial charge < -0.3 is 9.47 Å². The molecule has 0 aromatic heterocycles. The largest absolute Gasteiger partial charge is 0.494 e. The van der Waals surface area contributed by atoms with Crippen LogP contribution in [-0.2, 0) is 23.8 Å². The first-order valence-corrected chi connectivity index (χ1v) is 10.5. The van der Waals surface area contributed by atoms with Crippen molar-refractivity contribution in [3.8, 4) is 5.75 Å². The number of carbonyl (C=O) groups is 1. The van der Waals surface area contributed by atoms with Crippen LogP contribution in [0.1, 0.15) is 24.0 Å². The summed E-state index contributed by atoms with van der Waals surface area (Å²) < 4.78 is 38.3. The summed E-state index contributed by atoms with van der Waals surface area (Å²) in [4.78, 5) is 11.0. The van der Waals surface area contributed by atoms with Crippen molar-refractivity contribution in [1.82, 2.24) is 0 Å². The lowest BCUT2D eigenvalue weighted by molar-refractivity contribution is -0.137. The third kappa shape index (κ3) is 7.56. The van der Waals surface area contributed by atoms with Crippen molar-refractivity contribution in [2.24, 2.45) is 0 Å². The molecule has 0 spiro atoms. The fraction of sp³-hybridized carbons (Fsp3) is 0.227. The van der Waals surface area contributed by atoms with Crippen LogP contribution < -0.4 is 4.74 Å². The second kappa shape index (κ2) is 11.2. The van der Waals surface area contributed by atoms with E-state index in [0.29, 0.717) is 13.2 Å². The van der Waals surface area contributed by atoms with Gasteiger partial charge in [-0.3, -0.25) is 4.18 Å². The number of ether oxygens (including phenoxy) is 2. The van der Waals surface area contributed by atoms with Crippen molar-refractivity contribution in [2.75, 3.05) is 20.3 Å². The van der Waals surface area contributed by atoms with Crippen LogP contribution in [0, 0.1) is 0 Å². The maximum absolute atomic E-state index is 11.6. The zero-order valence-electron chi connectivity index (χ0n) is 16.2. The molecule has 154 valence electrons. The third-order valence-corrected chi connectivity index (χ3v) is 5.24. The Morgan fingerprint density at radius 3 is 2.03 bits per heavy atom. The Hall–Kier alpha value is -2.90. The molecule has 0 unspecified atom stereocenters. The van der Waals surface area contributed by atoms with Gasteiger partial charge in [-0.25, -0.2) is 4.79 Å². The van der Waals surface area contributed by atoms with Crippen LogP contribution in [0.3, 0.4) is 0 Å². The van der Waals surface area contributed by atoms with Gasteiger partial charge >= 0.3 is 5.97 Å². The molecule has 29 heavy (non-hydrogen) atoms. The maximum Gasteiger partial charge on any atom is 0.330 e. The van der Waals surface area contributed by atoms with Crippen LogP contribution in [0.4, 0.5) is 0 Å². The van der Waals surface area contributed by atoms with Gasteiger partial charge in [0.1, 0.15) is 5.75 Å². The smallest absolute Gasteiger partial charge is 0.330 e. The van der Waals surface area contributed by atoms with E-state index in [1.807, 2.05) is 36.4 Å². The van der Waals surface area contributed by atoms with Crippen LogP contribution in [0.5, 0.6) is 5.75 Å². The highest BCUT2D eigenvalue weighted by Crippen LogP contribution is 2.17. The van der Waals surface area contributed by atoms with Crippen LogP contribution in [0.2, 0.25) is 0 Å². The molecule has 0 aliphatic carbocycles. The monoisotopic (exact) mass is 416 g/mol. The first kappa shape index (κ1) is 22.4. The standard InChI is InChI=1S/C22H24O6S/c1-3-22(23)28-17-5-4-16-27-20-12-8-18(9-13-20)6-7-19-10-14-21(15-11-19)29(24,25)26-2/h3,6-15H,1,4-5,16-17H2,2H3. The van der Waals surface area contributed by atoms with E-state index in [-0.39, 0.29) is 4.90 Å². The lowest BCUT2D eigenvalue weighted by Gasteiger charge is -2.06. The van der Waals surface area contributed by atoms with Gasteiger partial charge in [-0.2, -0.15) is 8.42 Å². The number of unbranched alkanes of at least 4 members (excludes halogenated alkanes) is 1. The molecule has 6 nitrogen and oxygen atoms in total. The molecule has 0 bridgehead atoms. The maximum atomic E-state index is 11.6. The minimum atomic E-state index is -3.67. The van der Waals surface area contributed by atoms with Crippen molar-refractivity contribution < 1.29 is 26.9 Å². The van der Waals surface area contributed by atoms with Gasteiger partial charge in [0, 0.05) is 6.08 Å². The minimum Gasteiger partial charge on any atom is -0.494 e. The Bertz CT molecular complexity index is 928. The van der Waals surface area contributed by atoms with Gasteiger partial charge in [-0.1, -0.05) is 43.0 Å². The van der Waals surface area contributed by atoms with Gasteiger partial charge in [0.2, 0.25) is 0 Å². The fourth-order valence-electron chi connectivity index (χ4n) is 2.34. The molecule has 0 aliphatic heterocycles. The van der Waals surface area contributed by atoms with Crippen molar-refractivity contribution >= 4 is 28.2 Å². The van der Waals surface area contributed by atoms with E-state index in [4.69, 9.17) is 9.47 Å². The van der Waals surface area contributed by atoms with E-state index in [9.17, 15) is 13.2 Å². The van der Waals surface area contributed by atoms with E-state index in [2.05, 4.69) is 10.8 Å². The van der Waals surface area contributed by atoms with Gasteiger partial charge in [-0.15, -0.1) is 0 Å². The molecule has 2 rings (SSSR count).